The molecule has 1 unspecified atom stereocenters. The molecule has 2 aromatic rings. The van der Waals surface area contributed by atoms with Crippen molar-refractivity contribution in [3.63, 3.8) is 0 Å². The van der Waals surface area contributed by atoms with Crippen molar-refractivity contribution in [3.8, 4) is 5.75 Å². The summed E-state index contributed by atoms with van der Waals surface area (Å²) in [6.45, 7) is 7.43. The number of nitrogens with zero attached hydrogens (tertiary/aromatic N) is 1. The summed E-state index contributed by atoms with van der Waals surface area (Å²) in [5, 5.41) is 3.13. The first-order valence-corrected chi connectivity index (χ1v) is 9.49. The first-order valence-electron chi connectivity index (χ1n) is 9.49. The number of likely N-dealkylation sites (tertiary alicyclic amines) is 1. The number of carbonyl (C=O) groups is 1. The summed E-state index contributed by atoms with van der Waals surface area (Å²) >= 11 is 0. The Labute approximate surface area is 156 Å². The molecule has 3 rings (SSSR count). The van der Waals surface area contributed by atoms with Gasteiger partial charge in [0.2, 0.25) is 0 Å². The van der Waals surface area contributed by atoms with Gasteiger partial charge in [-0.1, -0.05) is 29.8 Å². The van der Waals surface area contributed by atoms with Gasteiger partial charge in [-0.15, -0.1) is 0 Å². The Balaban J connectivity index is 1.71. The second-order valence-corrected chi connectivity index (χ2v) is 6.84. The van der Waals surface area contributed by atoms with Gasteiger partial charge in [0, 0.05) is 12.1 Å². The van der Waals surface area contributed by atoms with Crippen molar-refractivity contribution in [2.24, 2.45) is 0 Å². The van der Waals surface area contributed by atoms with Crippen LogP contribution in [-0.4, -0.2) is 37.0 Å². The Kier molecular flexibility index (Phi) is 6.29. The van der Waals surface area contributed by atoms with Crippen molar-refractivity contribution < 1.29 is 9.53 Å². The summed E-state index contributed by atoms with van der Waals surface area (Å²) in [6.07, 6.45) is 2.44. The van der Waals surface area contributed by atoms with Gasteiger partial charge in [-0.3, -0.25) is 9.69 Å². The molecule has 26 heavy (non-hydrogen) atoms. The maximum atomic E-state index is 12.5. The molecule has 4 nitrogen and oxygen atoms in total. The Morgan fingerprint density at radius 1 is 1.15 bits per heavy atom. The SMILES string of the molecule is CCOc1ccc(C(CNC(=O)c2cccc(C)c2)N2CCCC2)cc1. The Hall–Kier alpha value is -2.33. The maximum Gasteiger partial charge on any atom is 0.251 e. The van der Waals surface area contributed by atoms with Crippen LogP contribution >= 0.6 is 0 Å². The van der Waals surface area contributed by atoms with E-state index in [0.29, 0.717) is 13.2 Å². The quantitative estimate of drug-likeness (QED) is 0.820. The van der Waals surface area contributed by atoms with E-state index in [1.54, 1.807) is 0 Å². The van der Waals surface area contributed by atoms with Gasteiger partial charge < -0.3 is 10.1 Å². The van der Waals surface area contributed by atoms with E-state index >= 15 is 0 Å². The van der Waals surface area contributed by atoms with Crippen molar-refractivity contribution in [2.45, 2.75) is 32.7 Å². The smallest absolute Gasteiger partial charge is 0.251 e. The lowest BCUT2D eigenvalue weighted by Crippen LogP contribution is -2.36. The largest absolute Gasteiger partial charge is 0.494 e. The summed E-state index contributed by atoms with van der Waals surface area (Å²) in [6, 6.07) is 16.2. The van der Waals surface area contributed by atoms with Gasteiger partial charge in [0.1, 0.15) is 5.75 Å². The molecule has 1 atom stereocenters. The summed E-state index contributed by atoms with van der Waals surface area (Å²) in [4.78, 5) is 15.0. The third-order valence-electron chi connectivity index (χ3n) is 4.89. The summed E-state index contributed by atoms with van der Waals surface area (Å²) in [5.74, 6) is 0.879. The van der Waals surface area contributed by atoms with Crippen LogP contribution in [0.1, 0.15) is 47.3 Å². The molecule has 1 saturated heterocycles. The van der Waals surface area contributed by atoms with Crippen LogP contribution in [0.25, 0.3) is 0 Å². The maximum absolute atomic E-state index is 12.5. The third-order valence-corrected chi connectivity index (χ3v) is 4.89. The molecule has 1 fully saturated rings. The molecule has 0 saturated carbocycles. The summed E-state index contributed by atoms with van der Waals surface area (Å²) in [7, 11) is 0. The highest BCUT2D eigenvalue weighted by Gasteiger charge is 2.24. The molecule has 4 heteroatoms. The normalized spacial score (nSPS) is 15.6. The first kappa shape index (κ1) is 18.5. The number of nitrogens with one attached hydrogen (secondary N) is 1. The number of ether oxygens (including phenoxy) is 1. The number of carbonyl (C=O) groups excluding carboxylic acids is 1. The third kappa shape index (κ3) is 4.64. The fourth-order valence-electron chi connectivity index (χ4n) is 3.54. The van der Waals surface area contributed by atoms with Crippen molar-refractivity contribution in [1.29, 1.82) is 0 Å². The average Bonchev–Trinajstić information content (AvgIpc) is 3.18. The molecule has 0 spiro atoms. The molecule has 0 aromatic heterocycles. The fourth-order valence-corrected chi connectivity index (χ4v) is 3.54. The molecule has 138 valence electrons. The zero-order valence-corrected chi connectivity index (χ0v) is 15.7. The van der Waals surface area contributed by atoms with E-state index in [0.717, 1.165) is 30.0 Å². The van der Waals surface area contributed by atoms with Crippen LogP contribution in [0.15, 0.2) is 48.5 Å². The van der Waals surface area contributed by atoms with Gasteiger partial charge in [-0.25, -0.2) is 0 Å². The van der Waals surface area contributed by atoms with Gasteiger partial charge in [0.05, 0.1) is 12.6 Å². The van der Waals surface area contributed by atoms with Crippen LogP contribution < -0.4 is 10.1 Å². The second-order valence-electron chi connectivity index (χ2n) is 6.84. The highest BCUT2D eigenvalue weighted by atomic mass is 16.5. The number of hydrogen-bond acceptors (Lipinski definition) is 3. The van der Waals surface area contributed by atoms with Gasteiger partial charge in [-0.05, 0) is 69.6 Å². The highest BCUT2D eigenvalue weighted by Crippen LogP contribution is 2.26. The minimum atomic E-state index is -0.0103. The number of benzene rings is 2. The van der Waals surface area contributed by atoms with E-state index in [2.05, 4.69) is 22.3 Å². The zero-order chi connectivity index (χ0) is 18.4. The van der Waals surface area contributed by atoms with Crippen molar-refractivity contribution >= 4 is 5.91 Å². The Bertz CT molecular complexity index is 721. The molecule has 1 aliphatic rings. The predicted molar refractivity (Wildman–Crippen MR) is 105 cm³/mol. The molecule has 0 radical (unpaired) electrons. The Morgan fingerprint density at radius 3 is 2.54 bits per heavy atom. The summed E-state index contributed by atoms with van der Waals surface area (Å²) < 4.78 is 5.55. The van der Waals surface area contributed by atoms with Crippen molar-refractivity contribution in [1.82, 2.24) is 10.2 Å². The minimum Gasteiger partial charge on any atom is -0.494 e. The van der Waals surface area contributed by atoms with Crippen LogP contribution in [0.4, 0.5) is 0 Å². The number of rotatable bonds is 7. The highest BCUT2D eigenvalue weighted by molar-refractivity contribution is 5.94. The topological polar surface area (TPSA) is 41.6 Å². The molecular formula is C22H28N2O2. The standard InChI is InChI=1S/C22H28N2O2/c1-3-26-20-11-9-18(10-12-20)21(24-13-4-5-14-24)16-23-22(25)19-8-6-7-17(2)15-19/h6-12,15,21H,3-5,13-14,16H2,1-2H3,(H,23,25). The van der Waals surface area contributed by atoms with Crippen LogP contribution in [0.3, 0.4) is 0 Å². The lowest BCUT2D eigenvalue weighted by atomic mass is 10.0. The lowest BCUT2D eigenvalue weighted by Gasteiger charge is -2.28. The van der Waals surface area contributed by atoms with Crippen LogP contribution in [0, 0.1) is 6.92 Å². The van der Waals surface area contributed by atoms with Gasteiger partial charge in [-0.2, -0.15) is 0 Å². The molecule has 1 amide bonds. The van der Waals surface area contributed by atoms with E-state index in [-0.39, 0.29) is 11.9 Å². The number of amides is 1. The van der Waals surface area contributed by atoms with Gasteiger partial charge in [0.25, 0.3) is 5.91 Å². The summed E-state index contributed by atoms with van der Waals surface area (Å²) in [5.41, 5.74) is 3.04. The van der Waals surface area contributed by atoms with E-state index < -0.39 is 0 Å². The van der Waals surface area contributed by atoms with Crippen LogP contribution in [0.5, 0.6) is 5.75 Å². The van der Waals surface area contributed by atoms with Crippen molar-refractivity contribution in [2.75, 3.05) is 26.2 Å². The monoisotopic (exact) mass is 352 g/mol. The van der Waals surface area contributed by atoms with Crippen LogP contribution in [-0.2, 0) is 0 Å². The van der Waals surface area contributed by atoms with E-state index in [1.165, 1.54) is 18.4 Å². The van der Waals surface area contributed by atoms with E-state index in [9.17, 15) is 4.79 Å². The molecule has 2 aromatic carbocycles. The molecule has 0 aliphatic carbocycles. The average molecular weight is 352 g/mol. The number of aryl methyl sites for hydroxylation is 1. The lowest BCUT2D eigenvalue weighted by molar-refractivity contribution is 0.0938. The zero-order valence-electron chi connectivity index (χ0n) is 15.7. The Morgan fingerprint density at radius 2 is 1.88 bits per heavy atom. The second kappa shape index (κ2) is 8.86. The molecular weight excluding hydrogens is 324 g/mol. The molecule has 1 aliphatic heterocycles. The van der Waals surface area contributed by atoms with Crippen LogP contribution in [0.2, 0.25) is 0 Å². The van der Waals surface area contributed by atoms with E-state index in [4.69, 9.17) is 4.74 Å². The van der Waals surface area contributed by atoms with Gasteiger partial charge >= 0.3 is 0 Å². The molecule has 1 N–H and O–H groups in total. The van der Waals surface area contributed by atoms with Gasteiger partial charge in [0.15, 0.2) is 0 Å². The molecule has 1 heterocycles. The van der Waals surface area contributed by atoms with Crippen molar-refractivity contribution in [3.05, 3.63) is 65.2 Å². The molecule has 0 bridgehead atoms. The minimum absolute atomic E-state index is 0.0103. The predicted octanol–water partition coefficient (Wildman–Crippen LogP) is 3.96. The first-order chi connectivity index (χ1) is 12.7. The fraction of sp³-hybridized carbons (Fsp3) is 0.409. The van der Waals surface area contributed by atoms with E-state index in [1.807, 2.05) is 50.2 Å². The number of hydrogen-bond donors (Lipinski definition) is 1.